The number of nitrogens with one attached hydrogen (secondary N) is 2. The highest BCUT2D eigenvalue weighted by Gasteiger charge is 2.45. The number of carbonyl (C=O) groups is 3. The minimum absolute atomic E-state index is 0.0693. The zero-order chi connectivity index (χ0) is 33.1. The van der Waals surface area contributed by atoms with E-state index in [1.165, 1.54) is 4.90 Å². The van der Waals surface area contributed by atoms with Crippen LogP contribution in [0.25, 0.3) is 0 Å². The van der Waals surface area contributed by atoms with Gasteiger partial charge in [0.05, 0.1) is 0 Å². The summed E-state index contributed by atoms with van der Waals surface area (Å²) in [7, 11) is -4.10. The number of alkyl carbamates (subject to hydrolysis) is 1. The maximum atomic E-state index is 14.7. The molecule has 13 heteroatoms. The molecule has 0 spiro atoms. The van der Waals surface area contributed by atoms with E-state index >= 15 is 0 Å². The number of carbonyl (C=O) groups excluding carboxylic acids is 3. The molecule has 1 heterocycles. The second-order valence-corrected chi connectivity index (χ2v) is 14.7. The molecule has 0 radical (unpaired) electrons. The highest BCUT2D eigenvalue weighted by Crippen LogP contribution is 2.54. The van der Waals surface area contributed by atoms with Gasteiger partial charge < -0.3 is 29.3 Å². The van der Waals surface area contributed by atoms with Gasteiger partial charge >= 0.3 is 13.7 Å². The summed E-state index contributed by atoms with van der Waals surface area (Å²) < 4.78 is 32.1. The molecule has 2 atom stereocenters. The summed E-state index contributed by atoms with van der Waals surface area (Å²) >= 11 is 3.13. The normalized spacial score (nSPS) is 15.2. The first-order valence-electron chi connectivity index (χ1n) is 14.9. The topological polar surface area (TPSA) is 123 Å². The number of amides is 3. The lowest BCUT2D eigenvalue weighted by atomic mass is 10.1. The Labute approximate surface area is 278 Å². The summed E-state index contributed by atoms with van der Waals surface area (Å²) in [5.41, 5.74) is 0.819. The molecule has 1 aliphatic heterocycles. The zero-order valence-corrected chi connectivity index (χ0v) is 28.9. The predicted octanol–water partition coefficient (Wildman–Crippen LogP) is 6.80. The van der Waals surface area contributed by atoms with E-state index in [0.717, 1.165) is 15.4 Å². The van der Waals surface area contributed by atoms with Crippen LogP contribution in [0.1, 0.15) is 32.3 Å². The van der Waals surface area contributed by atoms with Crippen LogP contribution in [0.4, 0.5) is 4.79 Å². The van der Waals surface area contributed by atoms with Crippen molar-refractivity contribution in [2.45, 2.75) is 54.9 Å². The van der Waals surface area contributed by atoms with Crippen molar-refractivity contribution in [1.29, 1.82) is 0 Å². The van der Waals surface area contributed by atoms with Crippen LogP contribution >= 0.6 is 31.1 Å². The molecule has 2 N–H and O–H groups in total. The molecule has 1 unspecified atom stereocenters. The number of nitrogens with zero attached hydrogens (tertiary/aromatic N) is 1. The summed E-state index contributed by atoms with van der Waals surface area (Å²) in [4.78, 5) is 42.5. The first-order chi connectivity index (χ1) is 22.1. The molecule has 1 aliphatic rings. The third-order valence-corrected chi connectivity index (χ3v) is 11.1. The van der Waals surface area contributed by atoms with E-state index in [0.29, 0.717) is 30.9 Å². The molecule has 0 aromatic heterocycles. The van der Waals surface area contributed by atoms with Gasteiger partial charge in [-0.25, -0.2) is 9.36 Å². The van der Waals surface area contributed by atoms with Crippen LogP contribution in [-0.4, -0.2) is 60.2 Å². The predicted molar refractivity (Wildman–Crippen MR) is 181 cm³/mol. The van der Waals surface area contributed by atoms with Crippen molar-refractivity contribution < 1.29 is 32.7 Å². The summed E-state index contributed by atoms with van der Waals surface area (Å²) in [6.07, 6.45) is 4.19. The Kier molecular flexibility index (Phi) is 12.9. The van der Waals surface area contributed by atoms with Crippen molar-refractivity contribution >= 4 is 49.0 Å². The molecule has 46 heavy (non-hydrogen) atoms. The number of rotatable bonds is 14. The lowest BCUT2D eigenvalue weighted by Crippen LogP contribution is -2.52. The van der Waals surface area contributed by atoms with Crippen LogP contribution in [0.5, 0.6) is 11.5 Å². The smallest absolute Gasteiger partial charge is 0.445 e. The van der Waals surface area contributed by atoms with E-state index in [1.807, 2.05) is 81.0 Å². The van der Waals surface area contributed by atoms with Crippen LogP contribution in [-0.2, 0) is 25.5 Å². The quantitative estimate of drug-likeness (QED) is 0.139. The van der Waals surface area contributed by atoms with Crippen molar-refractivity contribution in [2.75, 3.05) is 25.6 Å². The van der Waals surface area contributed by atoms with Gasteiger partial charge in [-0.3, -0.25) is 9.59 Å². The number of likely N-dealkylation sites (tertiary alicyclic amines) is 1. The number of hydrogen-bond acceptors (Lipinski definition) is 9. The van der Waals surface area contributed by atoms with Crippen molar-refractivity contribution in [1.82, 2.24) is 15.5 Å². The first kappa shape index (κ1) is 35.3. The van der Waals surface area contributed by atoms with Crippen molar-refractivity contribution in [3.63, 3.8) is 0 Å². The molecule has 0 saturated carbocycles. The van der Waals surface area contributed by atoms with Gasteiger partial charge in [-0.2, -0.15) is 0 Å². The maximum Gasteiger partial charge on any atom is 0.453 e. The molecule has 10 nitrogen and oxygen atoms in total. The fraction of sp³-hybridized carbons (Fsp3) is 0.364. The van der Waals surface area contributed by atoms with Gasteiger partial charge in [0.15, 0.2) is 5.78 Å². The van der Waals surface area contributed by atoms with E-state index < -0.39 is 37.3 Å². The second kappa shape index (κ2) is 16.8. The van der Waals surface area contributed by atoms with Gasteiger partial charge in [0.2, 0.25) is 11.8 Å². The number of hydrogen-bond donors (Lipinski definition) is 2. The number of benzene rings is 3. The fourth-order valence-electron chi connectivity index (χ4n) is 4.91. The molecule has 1 saturated heterocycles. The van der Waals surface area contributed by atoms with Crippen molar-refractivity contribution in [3.05, 3.63) is 84.4 Å². The lowest BCUT2D eigenvalue weighted by Gasteiger charge is -2.32. The lowest BCUT2D eigenvalue weighted by molar-refractivity contribution is -0.137. The molecule has 3 aromatic rings. The summed E-state index contributed by atoms with van der Waals surface area (Å²) in [5, 5.41) is 5.38. The molecule has 1 fully saturated rings. The van der Waals surface area contributed by atoms with Crippen LogP contribution in [0.3, 0.4) is 0 Å². The molecule has 3 aromatic carbocycles. The minimum atomic E-state index is -4.10. The average Bonchev–Trinajstić information content (AvgIpc) is 3.56. The Morgan fingerprint density at radius 3 is 1.98 bits per heavy atom. The SMILES string of the molecule is CSc1ccc(OP(=O)(Oc2ccc(SC)cc2)C(NC(=O)[C@@H]2CCCN2C(=O)CNC(=O)OCc2ccccc2)C(C)C)cc1. The first-order valence-corrected chi connectivity index (χ1v) is 19.0. The van der Waals surface area contributed by atoms with E-state index in [4.69, 9.17) is 13.8 Å². The number of ether oxygens (including phenoxy) is 1. The molecule has 0 bridgehead atoms. The van der Waals surface area contributed by atoms with E-state index in [2.05, 4.69) is 10.6 Å². The van der Waals surface area contributed by atoms with Crippen molar-refractivity contribution in [3.8, 4) is 11.5 Å². The van der Waals surface area contributed by atoms with Crippen molar-refractivity contribution in [2.24, 2.45) is 5.92 Å². The highest BCUT2D eigenvalue weighted by molar-refractivity contribution is 7.98. The summed E-state index contributed by atoms with van der Waals surface area (Å²) in [6, 6.07) is 22.7. The van der Waals surface area contributed by atoms with Crippen LogP contribution in [0.15, 0.2) is 88.7 Å². The third-order valence-electron chi connectivity index (χ3n) is 7.32. The molecule has 3 amide bonds. The second-order valence-electron chi connectivity index (χ2n) is 10.9. The van der Waals surface area contributed by atoms with Gasteiger partial charge in [0, 0.05) is 16.3 Å². The van der Waals surface area contributed by atoms with Crippen LogP contribution in [0, 0.1) is 5.92 Å². The van der Waals surface area contributed by atoms with Gasteiger partial charge in [-0.1, -0.05) is 44.2 Å². The van der Waals surface area contributed by atoms with Crippen LogP contribution < -0.4 is 19.7 Å². The van der Waals surface area contributed by atoms with Gasteiger partial charge in [-0.05, 0) is 85.4 Å². The molecule has 246 valence electrons. The third kappa shape index (κ3) is 9.70. The molecule has 4 rings (SSSR count). The largest absolute Gasteiger partial charge is 0.453 e. The Bertz CT molecular complexity index is 1450. The minimum Gasteiger partial charge on any atom is -0.445 e. The molecule has 0 aliphatic carbocycles. The van der Waals surface area contributed by atoms with E-state index in [-0.39, 0.29) is 19.1 Å². The summed E-state index contributed by atoms with van der Waals surface area (Å²) in [6.45, 7) is 3.73. The molecular weight excluding hydrogens is 645 g/mol. The average molecular weight is 686 g/mol. The standard InChI is InChI=1S/C33H40N3O7PS2/c1-23(2)32(44(40,42-25-12-16-27(45-3)17-13-25)43-26-14-18-28(46-4)19-15-26)35-31(38)29-11-8-20-36(29)30(37)21-34-33(39)41-22-24-9-6-5-7-10-24/h5-7,9-10,12-19,23,29,32H,8,11,20-22H2,1-4H3,(H,34,39)(H,35,38)/t29-,32?/m0/s1. The van der Waals surface area contributed by atoms with Crippen LogP contribution in [0.2, 0.25) is 0 Å². The van der Waals surface area contributed by atoms with Gasteiger partial charge in [-0.15, -0.1) is 23.5 Å². The fourth-order valence-corrected chi connectivity index (χ4v) is 7.84. The Morgan fingerprint density at radius 2 is 1.46 bits per heavy atom. The maximum absolute atomic E-state index is 14.7. The molecular formula is C33H40N3O7PS2. The Hall–Kier alpha value is -3.60. The Morgan fingerprint density at radius 1 is 0.891 bits per heavy atom. The number of thioether (sulfide) groups is 2. The zero-order valence-electron chi connectivity index (χ0n) is 26.3. The summed E-state index contributed by atoms with van der Waals surface area (Å²) in [5.74, 6) is -1.62. The van der Waals surface area contributed by atoms with E-state index in [1.54, 1.807) is 47.8 Å². The van der Waals surface area contributed by atoms with Gasteiger partial charge in [0.25, 0.3) is 0 Å². The Balaban J connectivity index is 1.46. The van der Waals surface area contributed by atoms with E-state index in [9.17, 15) is 18.9 Å². The van der Waals surface area contributed by atoms with Gasteiger partial charge in [0.1, 0.15) is 30.7 Å². The monoisotopic (exact) mass is 685 g/mol. The highest BCUT2D eigenvalue weighted by atomic mass is 32.2.